The van der Waals surface area contributed by atoms with Crippen molar-refractivity contribution in [2.24, 2.45) is 0 Å². The predicted molar refractivity (Wildman–Crippen MR) is 107 cm³/mol. The van der Waals surface area contributed by atoms with E-state index >= 15 is 0 Å². The van der Waals surface area contributed by atoms with Crippen molar-refractivity contribution in [3.63, 3.8) is 0 Å². The van der Waals surface area contributed by atoms with Crippen LogP contribution in [0.3, 0.4) is 0 Å². The van der Waals surface area contributed by atoms with Gasteiger partial charge in [0.15, 0.2) is 27.9 Å². The second-order valence-electron chi connectivity index (χ2n) is 6.20. The summed E-state index contributed by atoms with van der Waals surface area (Å²) in [5, 5.41) is 2.58. The highest BCUT2D eigenvalue weighted by Crippen LogP contribution is 2.25. The van der Waals surface area contributed by atoms with Gasteiger partial charge in [0.05, 0.1) is 25.0 Å². The maximum absolute atomic E-state index is 12.1. The molecule has 0 heterocycles. The Morgan fingerprint density at radius 3 is 2.45 bits per heavy atom. The average Bonchev–Trinajstić information content (AvgIpc) is 2.68. The number of hydrogen-bond acceptors (Lipinski definition) is 7. The fourth-order valence-electron chi connectivity index (χ4n) is 2.45. The summed E-state index contributed by atoms with van der Waals surface area (Å²) in [4.78, 5) is 23.9. The van der Waals surface area contributed by atoms with Gasteiger partial charge in [-0.25, -0.2) is 13.2 Å². The molecule has 0 aromatic heterocycles. The molecule has 0 radical (unpaired) electrons. The summed E-state index contributed by atoms with van der Waals surface area (Å²) in [6, 6.07) is 13.2. The van der Waals surface area contributed by atoms with Crippen LogP contribution >= 0.6 is 0 Å². The van der Waals surface area contributed by atoms with Crippen molar-refractivity contribution in [2.75, 3.05) is 33.1 Å². The monoisotopic (exact) mass is 421 g/mol. The molecule has 0 fully saturated rings. The Kier molecular flexibility index (Phi) is 8.02. The molecular weight excluding hydrogens is 398 g/mol. The molecule has 0 unspecified atom stereocenters. The van der Waals surface area contributed by atoms with Crippen LogP contribution in [-0.4, -0.2) is 53.4 Å². The first-order valence-electron chi connectivity index (χ1n) is 8.75. The van der Waals surface area contributed by atoms with Crippen LogP contribution < -0.4 is 14.8 Å². The third-order valence-electron chi connectivity index (χ3n) is 3.68. The van der Waals surface area contributed by atoms with Gasteiger partial charge in [-0.1, -0.05) is 24.3 Å². The Labute approximate surface area is 169 Å². The maximum Gasteiger partial charge on any atom is 0.338 e. The fourth-order valence-corrected chi connectivity index (χ4v) is 3.23. The van der Waals surface area contributed by atoms with E-state index in [4.69, 9.17) is 14.2 Å². The molecule has 1 amide bonds. The van der Waals surface area contributed by atoms with Gasteiger partial charge in [0.25, 0.3) is 5.91 Å². The van der Waals surface area contributed by atoms with E-state index in [0.717, 1.165) is 6.26 Å². The third kappa shape index (κ3) is 7.82. The number of ether oxygens (including phenoxy) is 3. The van der Waals surface area contributed by atoms with E-state index in [1.807, 2.05) is 6.07 Å². The van der Waals surface area contributed by atoms with Crippen LogP contribution in [0.25, 0.3) is 0 Å². The Bertz CT molecular complexity index is 957. The minimum atomic E-state index is -3.22. The van der Waals surface area contributed by atoms with Gasteiger partial charge in [0.2, 0.25) is 0 Å². The van der Waals surface area contributed by atoms with Crippen molar-refractivity contribution in [2.45, 2.75) is 5.75 Å². The Hall–Kier alpha value is -3.07. The van der Waals surface area contributed by atoms with E-state index in [1.165, 1.54) is 19.2 Å². The summed E-state index contributed by atoms with van der Waals surface area (Å²) in [7, 11) is -1.68. The lowest BCUT2D eigenvalue weighted by atomic mass is 10.1. The zero-order chi connectivity index (χ0) is 21.3. The van der Waals surface area contributed by atoms with E-state index < -0.39 is 28.3 Å². The molecular formula is C20H23NO7S. The number of nitrogens with one attached hydrogen (secondary N) is 1. The van der Waals surface area contributed by atoms with E-state index in [-0.39, 0.29) is 24.5 Å². The van der Waals surface area contributed by atoms with Crippen molar-refractivity contribution >= 4 is 21.7 Å². The first-order chi connectivity index (χ1) is 13.8. The van der Waals surface area contributed by atoms with Gasteiger partial charge in [0, 0.05) is 6.26 Å². The lowest BCUT2D eigenvalue weighted by Crippen LogP contribution is -2.32. The van der Waals surface area contributed by atoms with Crippen LogP contribution in [0.5, 0.6) is 11.5 Å². The predicted octanol–water partition coefficient (Wildman–Crippen LogP) is 1.59. The topological polar surface area (TPSA) is 108 Å². The number of sulfone groups is 1. The van der Waals surface area contributed by atoms with Crippen LogP contribution in [-0.2, 0) is 25.1 Å². The molecule has 0 atom stereocenters. The van der Waals surface area contributed by atoms with Crippen LogP contribution in [0.4, 0.5) is 0 Å². The molecule has 29 heavy (non-hydrogen) atoms. The van der Waals surface area contributed by atoms with Crippen LogP contribution in [0.2, 0.25) is 0 Å². The number of rotatable bonds is 10. The number of methoxy groups -OCH3 is 1. The molecule has 0 spiro atoms. The van der Waals surface area contributed by atoms with E-state index in [2.05, 4.69) is 5.32 Å². The van der Waals surface area contributed by atoms with Gasteiger partial charge in [-0.15, -0.1) is 0 Å². The maximum atomic E-state index is 12.1. The third-order valence-corrected chi connectivity index (χ3v) is 4.53. The Morgan fingerprint density at radius 2 is 1.76 bits per heavy atom. The number of carbonyl (C=O) groups excluding carboxylic acids is 2. The largest absolute Gasteiger partial charge is 0.493 e. The number of amides is 1. The lowest BCUT2D eigenvalue weighted by molar-refractivity contribution is -0.124. The lowest BCUT2D eigenvalue weighted by Gasteiger charge is -2.11. The molecule has 1 N–H and O–H groups in total. The Balaban J connectivity index is 1.75. The molecule has 0 aliphatic rings. The van der Waals surface area contributed by atoms with Crippen molar-refractivity contribution in [1.82, 2.24) is 5.32 Å². The quantitative estimate of drug-likeness (QED) is 0.458. The highest BCUT2D eigenvalue weighted by Gasteiger charge is 2.12. The van der Waals surface area contributed by atoms with Gasteiger partial charge < -0.3 is 19.5 Å². The number of carbonyl (C=O) groups is 2. The molecule has 2 aromatic rings. The van der Waals surface area contributed by atoms with E-state index in [1.54, 1.807) is 30.3 Å². The van der Waals surface area contributed by atoms with Gasteiger partial charge in [0.1, 0.15) is 6.61 Å². The van der Waals surface area contributed by atoms with Crippen LogP contribution in [0.15, 0.2) is 48.5 Å². The van der Waals surface area contributed by atoms with Crippen molar-refractivity contribution in [1.29, 1.82) is 0 Å². The summed E-state index contributed by atoms with van der Waals surface area (Å²) in [5.41, 5.74) is 0.651. The van der Waals surface area contributed by atoms with Gasteiger partial charge in [-0.05, 0) is 29.8 Å². The molecule has 0 aliphatic heterocycles. The van der Waals surface area contributed by atoms with Gasteiger partial charge in [-0.2, -0.15) is 0 Å². The average molecular weight is 421 g/mol. The van der Waals surface area contributed by atoms with Crippen LogP contribution in [0, 0.1) is 0 Å². The van der Waals surface area contributed by atoms with Crippen LogP contribution in [0.1, 0.15) is 15.9 Å². The minimum absolute atomic E-state index is 0.179. The minimum Gasteiger partial charge on any atom is -0.493 e. The zero-order valence-electron chi connectivity index (χ0n) is 16.2. The van der Waals surface area contributed by atoms with Crippen molar-refractivity contribution in [3.8, 4) is 11.5 Å². The molecule has 2 rings (SSSR count). The molecule has 9 heteroatoms. The summed E-state index contributed by atoms with van der Waals surface area (Å²) >= 11 is 0. The van der Waals surface area contributed by atoms with Gasteiger partial charge >= 0.3 is 5.97 Å². The highest BCUT2D eigenvalue weighted by molar-refractivity contribution is 7.89. The van der Waals surface area contributed by atoms with E-state index in [9.17, 15) is 18.0 Å². The number of para-hydroxylation sites is 2. The molecule has 8 nitrogen and oxygen atoms in total. The Morgan fingerprint density at radius 1 is 1.03 bits per heavy atom. The molecule has 2 aromatic carbocycles. The summed E-state index contributed by atoms with van der Waals surface area (Å²) in [6.07, 6.45) is 1.11. The molecule has 0 saturated heterocycles. The number of esters is 1. The second-order valence-corrected chi connectivity index (χ2v) is 8.34. The standard InChI is InChI=1S/C20H23NO7S/c1-26-17-8-3-4-9-18(17)27-11-10-21-19(22)13-28-20(23)16-7-5-6-15(12-16)14-29(2,24)25/h3-9,12H,10-11,13-14H2,1-2H3,(H,21,22). The summed E-state index contributed by atoms with van der Waals surface area (Å²) in [6.45, 7) is -0.0182. The van der Waals surface area contributed by atoms with Crippen molar-refractivity contribution < 1.29 is 32.2 Å². The normalized spacial score (nSPS) is 10.8. The summed E-state index contributed by atoms with van der Waals surface area (Å²) < 4.78 is 38.4. The van der Waals surface area contributed by atoms with Gasteiger partial charge in [-0.3, -0.25) is 4.79 Å². The van der Waals surface area contributed by atoms with E-state index in [0.29, 0.717) is 17.1 Å². The molecule has 156 valence electrons. The number of benzene rings is 2. The second kappa shape index (κ2) is 10.5. The first-order valence-corrected chi connectivity index (χ1v) is 10.8. The molecule has 0 saturated carbocycles. The summed E-state index contributed by atoms with van der Waals surface area (Å²) in [5.74, 6) is -0.216. The SMILES string of the molecule is COc1ccccc1OCCNC(=O)COC(=O)c1cccc(CS(C)(=O)=O)c1. The highest BCUT2D eigenvalue weighted by atomic mass is 32.2. The molecule has 0 bridgehead atoms. The smallest absolute Gasteiger partial charge is 0.338 e. The first kappa shape index (κ1) is 22.2. The number of hydrogen-bond donors (Lipinski definition) is 1. The zero-order valence-corrected chi connectivity index (χ0v) is 17.0. The fraction of sp³-hybridized carbons (Fsp3) is 0.300. The molecule has 0 aliphatic carbocycles. The van der Waals surface area contributed by atoms with Crippen molar-refractivity contribution in [3.05, 3.63) is 59.7 Å².